The molecule has 1 atom stereocenters. The van der Waals surface area contributed by atoms with E-state index in [1.54, 1.807) is 19.1 Å². The number of hydrogen-bond acceptors (Lipinski definition) is 4. The molecule has 2 aromatic carbocycles. The van der Waals surface area contributed by atoms with Gasteiger partial charge in [-0.05, 0) is 43.7 Å². The van der Waals surface area contributed by atoms with E-state index in [0.717, 1.165) is 32.4 Å². The summed E-state index contributed by atoms with van der Waals surface area (Å²) in [4.78, 5) is 25.1. The van der Waals surface area contributed by atoms with Gasteiger partial charge in [-0.2, -0.15) is 0 Å². The van der Waals surface area contributed by atoms with Crippen LogP contribution < -0.4 is 5.32 Å². The molecule has 0 unspecified atom stereocenters. The van der Waals surface area contributed by atoms with Gasteiger partial charge in [0.2, 0.25) is 5.91 Å². The number of benzene rings is 2. The molecule has 27 heavy (non-hydrogen) atoms. The Bertz CT molecular complexity index is 786. The van der Waals surface area contributed by atoms with Crippen LogP contribution in [0.25, 0.3) is 0 Å². The number of amides is 1. The van der Waals surface area contributed by atoms with Crippen LogP contribution in [0.4, 0.5) is 11.4 Å². The van der Waals surface area contributed by atoms with Gasteiger partial charge in [0.05, 0.1) is 4.92 Å². The normalized spacial score (nSPS) is 16.0. The van der Waals surface area contributed by atoms with Crippen molar-refractivity contribution in [1.29, 1.82) is 0 Å². The second kappa shape index (κ2) is 8.66. The number of nitrogens with zero attached hydrogens (tertiary/aromatic N) is 2. The van der Waals surface area contributed by atoms with Gasteiger partial charge in [0, 0.05) is 30.9 Å². The van der Waals surface area contributed by atoms with Gasteiger partial charge in [0.25, 0.3) is 5.69 Å². The number of carbonyl (C=O) groups is 1. The first-order valence-electron chi connectivity index (χ1n) is 9.36. The van der Waals surface area contributed by atoms with E-state index in [1.165, 1.54) is 17.7 Å². The molecule has 1 aliphatic rings. The molecule has 2 aromatic rings. The molecule has 3 rings (SSSR count). The monoisotopic (exact) mass is 367 g/mol. The highest BCUT2D eigenvalue weighted by atomic mass is 16.6. The van der Waals surface area contributed by atoms with Crippen LogP contribution in [0.15, 0.2) is 54.6 Å². The Morgan fingerprint density at radius 2 is 1.89 bits per heavy atom. The summed E-state index contributed by atoms with van der Waals surface area (Å²) >= 11 is 0. The Balaban J connectivity index is 1.51. The van der Waals surface area contributed by atoms with Crippen molar-refractivity contribution in [3.8, 4) is 0 Å². The third kappa shape index (κ3) is 5.06. The maximum atomic E-state index is 12.7. The summed E-state index contributed by atoms with van der Waals surface area (Å²) in [5.74, 6) is 0.649. The van der Waals surface area contributed by atoms with E-state index in [0.29, 0.717) is 11.6 Å². The Kier molecular flexibility index (Phi) is 6.06. The quantitative estimate of drug-likeness (QED) is 0.621. The molecule has 1 fully saturated rings. The molecule has 0 aliphatic carbocycles. The molecule has 0 radical (unpaired) electrons. The Morgan fingerprint density at radius 1 is 1.19 bits per heavy atom. The van der Waals surface area contributed by atoms with Crippen LogP contribution in [-0.4, -0.2) is 34.9 Å². The summed E-state index contributed by atoms with van der Waals surface area (Å²) in [7, 11) is 0. The molecule has 0 bridgehead atoms. The number of hydrogen-bond donors (Lipinski definition) is 1. The molecule has 0 aromatic heterocycles. The largest absolute Gasteiger partial charge is 0.374 e. The van der Waals surface area contributed by atoms with Crippen LogP contribution in [0, 0.1) is 16.0 Å². The molecule has 6 heteroatoms. The van der Waals surface area contributed by atoms with E-state index in [4.69, 9.17) is 0 Å². The van der Waals surface area contributed by atoms with E-state index in [-0.39, 0.29) is 11.6 Å². The molecule has 0 spiro atoms. The highest BCUT2D eigenvalue weighted by Gasteiger charge is 2.26. The number of nitrogens with one attached hydrogen (secondary N) is 1. The molecule has 1 heterocycles. The fourth-order valence-electron chi connectivity index (χ4n) is 3.60. The third-order valence-corrected chi connectivity index (χ3v) is 5.10. The van der Waals surface area contributed by atoms with E-state index >= 15 is 0 Å². The van der Waals surface area contributed by atoms with Crippen molar-refractivity contribution >= 4 is 17.3 Å². The molecular formula is C21H25N3O3. The van der Waals surface area contributed by atoms with Crippen molar-refractivity contribution in [3.63, 3.8) is 0 Å². The third-order valence-electron chi connectivity index (χ3n) is 5.10. The van der Waals surface area contributed by atoms with E-state index in [2.05, 4.69) is 29.6 Å². The van der Waals surface area contributed by atoms with Crippen LogP contribution in [-0.2, 0) is 11.2 Å². The topological polar surface area (TPSA) is 75.5 Å². The highest BCUT2D eigenvalue weighted by Crippen LogP contribution is 2.23. The van der Waals surface area contributed by atoms with Crippen molar-refractivity contribution < 1.29 is 9.72 Å². The van der Waals surface area contributed by atoms with E-state index in [9.17, 15) is 14.9 Å². The van der Waals surface area contributed by atoms with Crippen LogP contribution in [0.1, 0.15) is 25.3 Å². The first kappa shape index (κ1) is 18.9. The Morgan fingerprint density at radius 3 is 2.56 bits per heavy atom. The average Bonchev–Trinajstić information content (AvgIpc) is 2.69. The molecule has 1 amide bonds. The summed E-state index contributed by atoms with van der Waals surface area (Å²) in [5.41, 5.74) is 1.95. The van der Waals surface area contributed by atoms with E-state index in [1.807, 2.05) is 11.0 Å². The molecule has 0 saturated carbocycles. The van der Waals surface area contributed by atoms with Crippen LogP contribution >= 0.6 is 0 Å². The maximum absolute atomic E-state index is 12.7. The zero-order valence-electron chi connectivity index (χ0n) is 15.5. The van der Waals surface area contributed by atoms with Crippen molar-refractivity contribution in [2.24, 2.45) is 5.92 Å². The summed E-state index contributed by atoms with van der Waals surface area (Å²) in [6.07, 6.45) is 3.07. The molecule has 1 aliphatic heterocycles. The predicted molar refractivity (Wildman–Crippen MR) is 106 cm³/mol. The average molecular weight is 367 g/mol. The molecular weight excluding hydrogens is 342 g/mol. The number of non-ortho nitro benzene ring substituents is 1. The van der Waals surface area contributed by atoms with Gasteiger partial charge in [-0.1, -0.05) is 36.4 Å². The fourth-order valence-corrected chi connectivity index (χ4v) is 3.60. The lowest BCUT2D eigenvalue weighted by molar-refractivity contribution is -0.384. The number of likely N-dealkylation sites (tertiary alicyclic amines) is 1. The summed E-state index contributed by atoms with van der Waals surface area (Å²) in [6.45, 7) is 3.33. The minimum Gasteiger partial charge on any atom is -0.374 e. The smallest absolute Gasteiger partial charge is 0.271 e. The van der Waals surface area contributed by atoms with Gasteiger partial charge in [-0.25, -0.2) is 0 Å². The number of piperidine rings is 1. The van der Waals surface area contributed by atoms with Gasteiger partial charge < -0.3 is 10.2 Å². The second-order valence-corrected chi connectivity index (χ2v) is 7.13. The highest BCUT2D eigenvalue weighted by molar-refractivity contribution is 5.84. The Hall–Kier alpha value is -2.89. The lowest BCUT2D eigenvalue weighted by Gasteiger charge is -2.34. The summed E-state index contributed by atoms with van der Waals surface area (Å²) < 4.78 is 0. The zero-order valence-corrected chi connectivity index (χ0v) is 15.5. The van der Waals surface area contributed by atoms with Gasteiger partial charge in [0.1, 0.15) is 6.04 Å². The number of nitro groups is 1. The maximum Gasteiger partial charge on any atom is 0.271 e. The standard InChI is InChI=1S/C21H25N3O3/c1-16(22-19-8-5-9-20(15-19)24(26)27)21(25)23-12-10-18(11-13-23)14-17-6-3-2-4-7-17/h2-9,15-16,18,22H,10-14H2,1H3/t16-/m1/s1. The van der Waals surface area contributed by atoms with Crippen molar-refractivity contribution in [2.45, 2.75) is 32.2 Å². The van der Waals surface area contributed by atoms with Gasteiger partial charge >= 0.3 is 0 Å². The minimum absolute atomic E-state index is 0.0152. The molecule has 1 saturated heterocycles. The predicted octanol–water partition coefficient (Wildman–Crippen LogP) is 3.88. The number of anilines is 1. The molecule has 1 N–H and O–H groups in total. The lowest BCUT2D eigenvalue weighted by atomic mass is 9.90. The van der Waals surface area contributed by atoms with Crippen molar-refractivity contribution in [1.82, 2.24) is 4.90 Å². The van der Waals surface area contributed by atoms with Crippen LogP contribution in [0.3, 0.4) is 0 Å². The number of nitro benzene ring substituents is 1. The first-order valence-corrected chi connectivity index (χ1v) is 9.36. The SMILES string of the molecule is C[C@@H](Nc1cccc([N+](=O)[O-])c1)C(=O)N1CCC(Cc2ccccc2)CC1. The van der Waals surface area contributed by atoms with Crippen LogP contribution in [0.5, 0.6) is 0 Å². The van der Waals surface area contributed by atoms with Gasteiger partial charge in [-0.15, -0.1) is 0 Å². The Labute approximate surface area is 159 Å². The molecule has 142 valence electrons. The van der Waals surface area contributed by atoms with E-state index < -0.39 is 11.0 Å². The number of rotatable bonds is 6. The lowest BCUT2D eigenvalue weighted by Crippen LogP contribution is -2.45. The summed E-state index contributed by atoms with van der Waals surface area (Å²) in [5, 5.41) is 14.0. The number of carbonyl (C=O) groups excluding carboxylic acids is 1. The van der Waals surface area contributed by atoms with Gasteiger partial charge in [-0.3, -0.25) is 14.9 Å². The van der Waals surface area contributed by atoms with Gasteiger partial charge in [0.15, 0.2) is 0 Å². The van der Waals surface area contributed by atoms with Crippen LogP contribution in [0.2, 0.25) is 0 Å². The zero-order chi connectivity index (χ0) is 19.2. The second-order valence-electron chi connectivity index (χ2n) is 7.13. The van der Waals surface area contributed by atoms with Crippen molar-refractivity contribution in [2.75, 3.05) is 18.4 Å². The fraction of sp³-hybridized carbons (Fsp3) is 0.381. The molecule has 6 nitrogen and oxygen atoms in total. The minimum atomic E-state index is -0.435. The van der Waals surface area contributed by atoms with Crippen molar-refractivity contribution in [3.05, 3.63) is 70.3 Å². The first-order chi connectivity index (χ1) is 13.0. The summed E-state index contributed by atoms with van der Waals surface area (Å²) in [6, 6.07) is 16.3.